The van der Waals surface area contributed by atoms with E-state index in [1.165, 1.54) is 5.19 Å². The Morgan fingerprint density at radius 1 is 0.711 bits per heavy atom. The van der Waals surface area contributed by atoms with Gasteiger partial charge in [-0.15, -0.1) is 54.1 Å². The number of imidazole rings is 1. The van der Waals surface area contributed by atoms with Crippen LogP contribution in [0.2, 0.25) is 19.6 Å². The van der Waals surface area contributed by atoms with Crippen LogP contribution in [0.1, 0.15) is 0 Å². The Kier molecular flexibility index (Phi) is 8.59. The van der Waals surface area contributed by atoms with Crippen LogP contribution in [0.4, 0.5) is 0 Å². The number of fused-ring (bicyclic) bond motifs is 4. The molecule has 1 radical (unpaired) electrons. The van der Waals surface area contributed by atoms with E-state index in [2.05, 4.69) is 82.7 Å². The normalized spacial score (nSPS) is 11.3. The van der Waals surface area contributed by atoms with Crippen LogP contribution < -0.4 is 5.19 Å². The summed E-state index contributed by atoms with van der Waals surface area (Å²) >= 11 is 0. The topological polar surface area (TPSA) is 56.7 Å². The molecule has 45 heavy (non-hydrogen) atoms. The second kappa shape index (κ2) is 12.7. The van der Waals surface area contributed by atoms with Crippen molar-refractivity contribution in [3.8, 4) is 28.3 Å². The van der Waals surface area contributed by atoms with Gasteiger partial charge in [0.1, 0.15) is 5.58 Å². The first kappa shape index (κ1) is 30.3. The van der Waals surface area contributed by atoms with E-state index in [4.69, 9.17) is 9.40 Å². The number of aromatic nitrogens is 4. The van der Waals surface area contributed by atoms with E-state index in [0.717, 1.165) is 61.4 Å². The van der Waals surface area contributed by atoms with Crippen molar-refractivity contribution in [2.24, 2.45) is 0 Å². The molecule has 0 unspecified atom stereocenters. The van der Waals surface area contributed by atoms with Crippen LogP contribution in [0.5, 0.6) is 0 Å². The monoisotopic (exact) mass is 779 g/mol. The van der Waals surface area contributed by atoms with Crippen molar-refractivity contribution in [2.45, 2.75) is 19.6 Å². The van der Waals surface area contributed by atoms with Gasteiger partial charge in [0.05, 0.1) is 25.0 Å². The van der Waals surface area contributed by atoms with Gasteiger partial charge in [-0.2, -0.15) is 0 Å². The minimum Gasteiger partial charge on any atom is -0.501 e. The average molecular weight is 779 g/mol. The summed E-state index contributed by atoms with van der Waals surface area (Å²) in [5.41, 5.74) is 7.24. The van der Waals surface area contributed by atoms with Gasteiger partial charge in [-0.05, 0) is 42.1 Å². The molecule has 0 saturated heterocycles. The van der Waals surface area contributed by atoms with Crippen LogP contribution in [0.15, 0.2) is 132 Å². The van der Waals surface area contributed by atoms with Gasteiger partial charge in [-0.1, -0.05) is 78.2 Å². The second-order valence-corrected chi connectivity index (χ2v) is 16.7. The first-order chi connectivity index (χ1) is 21.5. The van der Waals surface area contributed by atoms with Crippen LogP contribution in [0.3, 0.4) is 0 Å². The third-order valence-electron chi connectivity index (χ3n) is 7.60. The van der Waals surface area contributed by atoms with E-state index in [1.54, 1.807) is 12.4 Å². The summed E-state index contributed by atoms with van der Waals surface area (Å²) in [4.78, 5) is 13.8. The van der Waals surface area contributed by atoms with Gasteiger partial charge >= 0.3 is 0 Å². The molecular weight excluding hydrogens is 749 g/mol. The van der Waals surface area contributed by atoms with E-state index in [9.17, 15) is 0 Å². The first-order valence-electron chi connectivity index (χ1n) is 14.6. The maximum Gasteiger partial charge on any atom is 0.155 e. The molecule has 4 aromatic heterocycles. The largest absolute Gasteiger partial charge is 0.501 e. The number of rotatable bonds is 4. The van der Waals surface area contributed by atoms with Crippen LogP contribution in [0, 0.1) is 12.1 Å². The molecule has 5 nitrogen and oxygen atoms in total. The van der Waals surface area contributed by atoms with E-state index < -0.39 is 8.07 Å². The van der Waals surface area contributed by atoms with Crippen molar-refractivity contribution in [1.82, 2.24) is 19.5 Å². The van der Waals surface area contributed by atoms with Crippen molar-refractivity contribution in [3.05, 3.63) is 140 Å². The van der Waals surface area contributed by atoms with Gasteiger partial charge in [-0.3, -0.25) is 4.98 Å². The summed E-state index contributed by atoms with van der Waals surface area (Å²) in [6.07, 6.45) is 3.59. The molecule has 8 aromatic rings. The molecule has 0 spiro atoms. The standard InChI is InChI=1S/C27H22N3OSi.C11H8N.Ir/c1-32(2,3)19-14-15-20-21-11-7-12-22(25(21)31-24(20)17-19)26-29-23-13-8-16-28-27(23)30(26)18-9-5-4-6-10-18;1-2-6-10(7-3-1)11-8-4-5-9-12-11;/h4-11,13-17H,1-3H3;1-6,8-9H;/q2*-1;. The molecule has 223 valence electrons. The predicted octanol–water partition coefficient (Wildman–Crippen LogP) is 8.88. The summed E-state index contributed by atoms with van der Waals surface area (Å²) in [6.45, 7) is 7.06. The molecule has 0 aliphatic carbocycles. The fraction of sp³-hybridized carbons (Fsp3) is 0.0789. The summed E-state index contributed by atoms with van der Waals surface area (Å²) in [6, 6.07) is 45.0. The van der Waals surface area contributed by atoms with Gasteiger partial charge in [0.2, 0.25) is 0 Å². The summed E-state index contributed by atoms with van der Waals surface area (Å²) in [7, 11) is -1.44. The molecule has 4 aromatic carbocycles. The molecule has 0 atom stereocenters. The zero-order chi connectivity index (χ0) is 30.1. The Balaban J connectivity index is 0.000000231. The summed E-state index contributed by atoms with van der Waals surface area (Å²) in [5.74, 6) is 0.778. The fourth-order valence-corrected chi connectivity index (χ4v) is 6.50. The van der Waals surface area contributed by atoms with Crippen LogP contribution >= 0.6 is 0 Å². The number of para-hydroxylation sites is 1. The summed E-state index contributed by atoms with van der Waals surface area (Å²) in [5, 5.41) is 3.59. The number of furan rings is 1. The molecule has 0 fully saturated rings. The number of benzene rings is 4. The quantitative estimate of drug-likeness (QED) is 0.132. The summed E-state index contributed by atoms with van der Waals surface area (Å²) < 4.78 is 8.56. The Morgan fingerprint density at radius 3 is 2.27 bits per heavy atom. The smallest absolute Gasteiger partial charge is 0.155 e. The van der Waals surface area contributed by atoms with Gasteiger partial charge in [0, 0.05) is 43.6 Å². The van der Waals surface area contributed by atoms with Crippen molar-refractivity contribution in [3.63, 3.8) is 0 Å². The predicted molar refractivity (Wildman–Crippen MR) is 182 cm³/mol. The average Bonchev–Trinajstić information content (AvgIpc) is 3.64. The zero-order valence-electron chi connectivity index (χ0n) is 25.2. The molecule has 4 heterocycles. The second-order valence-electron chi connectivity index (χ2n) is 11.6. The minimum atomic E-state index is -1.44. The van der Waals surface area contributed by atoms with Crippen LogP contribution in [-0.4, -0.2) is 27.6 Å². The number of pyridine rings is 2. The molecule has 7 heteroatoms. The van der Waals surface area contributed by atoms with Crippen molar-refractivity contribution in [2.75, 3.05) is 0 Å². The van der Waals surface area contributed by atoms with Crippen LogP contribution in [-0.2, 0) is 20.1 Å². The van der Waals surface area contributed by atoms with Gasteiger partial charge in [-0.25, -0.2) is 4.98 Å². The Hall–Kier alpha value is -4.68. The third-order valence-corrected chi connectivity index (χ3v) is 9.65. The molecule has 0 N–H and O–H groups in total. The SMILES string of the molecule is C[Si](C)(C)c1ccc2c(c1)oc1c(-c3nc4cccnc4n3-c3ccccc3)[c-]ccc12.[Ir].[c-]1ccccc1-c1ccccn1. The number of hydrogen-bond donors (Lipinski definition) is 0. The number of hydrogen-bond acceptors (Lipinski definition) is 4. The zero-order valence-corrected chi connectivity index (χ0v) is 28.5. The Morgan fingerprint density at radius 2 is 1.51 bits per heavy atom. The van der Waals surface area contributed by atoms with Gasteiger partial charge < -0.3 is 14.0 Å². The van der Waals surface area contributed by atoms with Gasteiger partial charge in [0.15, 0.2) is 5.65 Å². The molecule has 0 aliphatic heterocycles. The molecule has 0 aliphatic rings. The minimum absolute atomic E-state index is 0. The molecule has 0 amide bonds. The molecular formula is C38H30IrN4OSi-2. The van der Waals surface area contributed by atoms with Gasteiger partial charge in [0.25, 0.3) is 0 Å². The van der Waals surface area contributed by atoms with E-state index in [1.807, 2.05) is 78.9 Å². The maximum absolute atomic E-state index is 6.48. The Labute approximate surface area is 277 Å². The molecule has 0 saturated carbocycles. The fourth-order valence-electron chi connectivity index (χ4n) is 5.35. The Bertz CT molecular complexity index is 2170. The number of nitrogens with zero attached hydrogens (tertiary/aromatic N) is 4. The van der Waals surface area contributed by atoms with Crippen LogP contribution in [0.25, 0.3) is 61.4 Å². The van der Waals surface area contributed by atoms with Crippen molar-refractivity contribution >= 4 is 46.4 Å². The van der Waals surface area contributed by atoms with E-state index in [-0.39, 0.29) is 20.1 Å². The molecule has 8 rings (SSSR count). The molecule has 0 bridgehead atoms. The van der Waals surface area contributed by atoms with Crippen molar-refractivity contribution in [1.29, 1.82) is 0 Å². The van der Waals surface area contributed by atoms with E-state index >= 15 is 0 Å². The van der Waals surface area contributed by atoms with E-state index in [0.29, 0.717) is 0 Å². The maximum atomic E-state index is 6.48. The third kappa shape index (κ3) is 6.03. The first-order valence-corrected chi connectivity index (χ1v) is 18.1. The van der Waals surface area contributed by atoms with Crippen molar-refractivity contribution < 1.29 is 24.5 Å².